The number of benzene rings is 4. The van der Waals surface area contributed by atoms with E-state index in [4.69, 9.17) is 10.3 Å². The van der Waals surface area contributed by atoms with Gasteiger partial charge in [-0.3, -0.25) is 4.57 Å². The molecule has 0 spiro atoms. The number of aliphatic hydroxyl groups is 1. The number of aromatic hydroxyl groups is 1. The molecular formula is C46H52N6O3S. The van der Waals surface area contributed by atoms with Gasteiger partial charge in [0.05, 0.1) is 17.0 Å². The minimum atomic E-state index is -0.919. The Morgan fingerprint density at radius 2 is 1.41 bits per heavy atom. The molecule has 0 fully saturated rings. The van der Waals surface area contributed by atoms with Crippen molar-refractivity contribution in [3.63, 3.8) is 0 Å². The highest BCUT2D eigenvalue weighted by atomic mass is 32.2. The maximum Gasteiger partial charge on any atom is 0.328 e. The van der Waals surface area contributed by atoms with E-state index in [0.29, 0.717) is 28.4 Å². The third kappa shape index (κ3) is 9.49. The van der Waals surface area contributed by atoms with Crippen LogP contribution in [-0.2, 0) is 18.3 Å². The van der Waals surface area contributed by atoms with E-state index >= 15 is 0 Å². The summed E-state index contributed by atoms with van der Waals surface area (Å²) in [6, 6.07) is 38.2. The van der Waals surface area contributed by atoms with Crippen molar-refractivity contribution in [1.29, 1.82) is 0 Å². The lowest BCUT2D eigenvalue weighted by atomic mass is 9.77. The molecule has 0 radical (unpaired) electrons. The molecule has 10 heteroatoms. The van der Waals surface area contributed by atoms with E-state index in [1.165, 1.54) is 61.9 Å². The summed E-state index contributed by atoms with van der Waals surface area (Å²) in [6.45, 7) is 2.24. The first-order valence-electron chi connectivity index (χ1n) is 19.6. The number of thioether (sulfide) groups is 1. The van der Waals surface area contributed by atoms with Crippen molar-refractivity contribution in [2.75, 3.05) is 0 Å². The van der Waals surface area contributed by atoms with Crippen molar-refractivity contribution in [1.82, 2.24) is 29.8 Å². The van der Waals surface area contributed by atoms with Crippen LogP contribution in [0.4, 0.5) is 0 Å². The summed E-state index contributed by atoms with van der Waals surface area (Å²) >= 11 is 1.44. The molecule has 0 aliphatic heterocycles. The van der Waals surface area contributed by atoms with E-state index in [-0.39, 0.29) is 11.6 Å². The molecule has 0 unspecified atom stereocenters. The number of hydrogen-bond acceptors (Lipinski definition) is 7. The van der Waals surface area contributed by atoms with Crippen molar-refractivity contribution < 1.29 is 10.2 Å². The zero-order valence-corrected chi connectivity index (χ0v) is 33.1. The molecule has 290 valence electrons. The average molecular weight is 769 g/mol. The van der Waals surface area contributed by atoms with E-state index in [9.17, 15) is 15.0 Å². The lowest BCUT2D eigenvalue weighted by molar-refractivity contribution is 0.186. The SMILES string of the molecule is CCCCCCCCCC=CC=C[C@H](SCc1[nH]c(=O)n(C)c1O)[C@@H](O)c1cccc(-c2nnn(C(c3ccccc3)(c3ccccc3)c3ccccc3)n2)c1. The van der Waals surface area contributed by atoms with Crippen LogP contribution in [0.5, 0.6) is 5.88 Å². The largest absolute Gasteiger partial charge is 0.493 e. The number of allylic oxidation sites excluding steroid dienone is 3. The first kappa shape index (κ1) is 40.2. The van der Waals surface area contributed by atoms with Gasteiger partial charge in [0.15, 0.2) is 5.54 Å². The number of aromatic amines is 1. The highest BCUT2D eigenvalue weighted by Crippen LogP contribution is 2.40. The molecule has 2 atom stereocenters. The lowest BCUT2D eigenvalue weighted by Crippen LogP contribution is -2.39. The summed E-state index contributed by atoms with van der Waals surface area (Å²) in [5.41, 5.74) is 3.46. The molecule has 6 aromatic rings. The third-order valence-corrected chi connectivity index (χ3v) is 11.4. The summed E-state index contributed by atoms with van der Waals surface area (Å²) in [6.07, 6.45) is 17.1. The van der Waals surface area contributed by atoms with Crippen LogP contribution in [0.25, 0.3) is 11.4 Å². The predicted octanol–water partition coefficient (Wildman–Crippen LogP) is 9.50. The van der Waals surface area contributed by atoms with E-state index in [0.717, 1.165) is 29.5 Å². The molecule has 2 heterocycles. The summed E-state index contributed by atoms with van der Waals surface area (Å²) in [5.74, 6) is 0.611. The summed E-state index contributed by atoms with van der Waals surface area (Å²) < 4.78 is 1.18. The topological polar surface area (TPSA) is 122 Å². The quantitative estimate of drug-likeness (QED) is 0.0402. The van der Waals surface area contributed by atoms with Gasteiger partial charge in [0.2, 0.25) is 11.7 Å². The monoisotopic (exact) mass is 768 g/mol. The average Bonchev–Trinajstić information content (AvgIpc) is 3.83. The number of unbranched alkanes of at least 4 members (excludes halogenated alkanes) is 7. The first-order valence-corrected chi connectivity index (χ1v) is 20.7. The van der Waals surface area contributed by atoms with Crippen LogP contribution in [-0.4, -0.2) is 45.2 Å². The normalized spacial score (nSPS) is 13.1. The van der Waals surface area contributed by atoms with Gasteiger partial charge in [-0.2, -0.15) is 0 Å². The minimum Gasteiger partial charge on any atom is -0.493 e. The number of imidazole rings is 1. The van der Waals surface area contributed by atoms with Crippen molar-refractivity contribution in [3.8, 4) is 17.3 Å². The summed E-state index contributed by atoms with van der Waals surface area (Å²) in [7, 11) is 1.52. The Labute approximate surface area is 333 Å². The molecule has 9 nitrogen and oxygen atoms in total. The predicted molar refractivity (Wildman–Crippen MR) is 226 cm³/mol. The van der Waals surface area contributed by atoms with Crippen molar-refractivity contribution in [3.05, 3.63) is 178 Å². The molecule has 0 amide bonds. The maximum absolute atomic E-state index is 12.2. The van der Waals surface area contributed by atoms with Crippen LogP contribution >= 0.6 is 11.8 Å². The van der Waals surface area contributed by atoms with Crippen LogP contribution in [0.2, 0.25) is 0 Å². The zero-order valence-electron chi connectivity index (χ0n) is 32.2. The van der Waals surface area contributed by atoms with Gasteiger partial charge in [-0.05, 0) is 46.4 Å². The molecule has 0 saturated heterocycles. The fourth-order valence-electron chi connectivity index (χ4n) is 7.08. The van der Waals surface area contributed by atoms with E-state index in [1.54, 1.807) is 4.80 Å². The van der Waals surface area contributed by atoms with E-state index in [2.05, 4.69) is 59.5 Å². The number of nitrogens with zero attached hydrogens (tertiary/aromatic N) is 5. The van der Waals surface area contributed by atoms with Gasteiger partial charge in [-0.1, -0.05) is 179 Å². The van der Waals surface area contributed by atoms with Gasteiger partial charge >= 0.3 is 5.69 Å². The van der Waals surface area contributed by atoms with Crippen LogP contribution in [0.3, 0.4) is 0 Å². The molecule has 0 aliphatic carbocycles. The molecule has 6 rings (SSSR count). The van der Waals surface area contributed by atoms with Crippen molar-refractivity contribution in [2.45, 2.75) is 80.9 Å². The van der Waals surface area contributed by atoms with Crippen molar-refractivity contribution in [2.24, 2.45) is 7.05 Å². The molecule has 0 aliphatic rings. The number of aromatic nitrogens is 6. The van der Waals surface area contributed by atoms with Crippen LogP contribution in [0.1, 0.15) is 92.3 Å². The van der Waals surface area contributed by atoms with Crippen LogP contribution in [0, 0.1) is 0 Å². The van der Waals surface area contributed by atoms with Crippen LogP contribution < -0.4 is 5.69 Å². The second-order valence-corrected chi connectivity index (χ2v) is 15.2. The van der Waals surface area contributed by atoms with Gasteiger partial charge in [-0.25, -0.2) is 4.79 Å². The number of rotatable bonds is 20. The molecular weight excluding hydrogens is 717 g/mol. The van der Waals surface area contributed by atoms with Gasteiger partial charge in [0.1, 0.15) is 0 Å². The summed E-state index contributed by atoms with van der Waals surface area (Å²) in [5, 5.41) is 36.4. The Morgan fingerprint density at radius 3 is 2.00 bits per heavy atom. The smallest absolute Gasteiger partial charge is 0.328 e. The molecule has 0 saturated carbocycles. The van der Waals surface area contributed by atoms with E-state index in [1.807, 2.05) is 97.1 Å². The number of nitrogens with one attached hydrogen (secondary N) is 1. The molecule has 0 bridgehead atoms. The fourth-order valence-corrected chi connectivity index (χ4v) is 8.18. The maximum atomic E-state index is 12.2. The Morgan fingerprint density at radius 1 is 0.804 bits per heavy atom. The van der Waals surface area contributed by atoms with Gasteiger partial charge in [0, 0.05) is 18.4 Å². The molecule has 56 heavy (non-hydrogen) atoms. The zero-order chi connectivity index (χ0) is 39.2. The van der Waals surface area contributed by atoms with Crippen LogP contribution in [0.15, 0.2) is 144 Å². The van der Waals surface area contributed by atoms with Crippen molar-refractivity contribution >= 4 is 11.8 Å². The second kappa shape index (κ2) is 19.9. The number of aliphatic hydroxyl groups excluding tert-OH is 1. The Balaban J connectivity index is 1.27. The fraction of sp³-hybridized carbons (Fsp3) is 0.304. The van der Waals surface area contributed by atoms with E-state index < -0.39 is 16.9 Å². The third-order valence-electron chi connectivity index (χ3n) is 10.2. The number of H-pyrrole nitrogens is 1. The highest BCUT2D eigenvalue weighted by molar-refractivity contribution is 7.99. The second-order valence-electron chi connectivity index (χ2n) is 14.1. The lowest BCUT2D eigenvalue weighted by Gasteiger charge is -2.34. The molecule has 4 aromatic carbocycles. The Bertz CT molecular complexity index is 2120. The number of hydrogen-bond donors (Lipinski definition) is 3. The standard InChI is InChI=1S/C46H52N6O3S/c1-3-4-5-6-7-8-9-10-11-12-22-32-41(56-34-40-44(54)51(2)45(55)47-40)42(53)35-24-23-25-36(33-35)43-48-50-52(49-43)46(37-26-16-13-17-27-37,38-28-18-14-19-29-38)39-30-20-15-21-31-39/h11-33,41-42,53-54H,3-10,34H2,1-2H3,(H,47,55)/t41-,42-/m0/s1. The van der Waals surface area contributed by atoms with Gasteiger partial charge in [0.25, 0.3) is 0 Å². The highest BCUT2D eigenvalue weighted by Gasteiger charge is 2.41. The molecule has 3 N–H and O–H groups in total. The molecule has 2 aromatic heterocycles. The Kier molecular flexibility index (Phi) is 14.3. The first-order chi connectivity index (χ1) is 27.4. The van der Waals surface area contributed by atoms with Gasteiger partial charge < -0.3 is 15.2 Å². The van der Waals surface area contributed by atoms with Gasteiger partial charge in [-0.15, -0.1) is 26.8 Å². The number of tetrazole rings is 1. The summed E-state index contributed by atoms with van der Waals surface area (Å²) in [4.78, 5) is 16.6. The Hall–Kier alpha value is -5.45. The minimum absolute atomic E-state index is 0.108.